The van der Waals surface area contributed by atoms with Gasteiger partial charge in [-0.15, -0.1) is 0 Å². The maximum absolute atomic E-state index is 6.27. The highest BCUT2D eigenvalue weighted by atomic mass is 35.5. The molecule has 0 saturated carbocycles. The Kier molecular flexibility index (Phi) is 4.64. The summed E-state index contributed by atoms with van der Waals surface area (Å²) < 4.78 is 8.96. The zero-order chi connectivity index (χ0) is 18.3. The number of rotatable bonds is 3. The van der Waals surface area contributed by atoms with Gasteiger partial charge in [0, 0.05) is 35.9 Å². The summed E-state index contributed by atoms with van der Waals surface area (Å²) in [4.78, 5) is 12.6. The van der Waals surface area contributed by atoms with Crippen LogP contribution in [0.25, 0.3) is 11.0 Å². The predicted octanol–water partition coefficient (Wildman–Crippen LogP) is 3.19. The quantitative estimate of drug-likeness (QED) is 0.681. The van der Waals surface area contributed by atoms with Gasteiger partial charge in [0.2, 0.25) is 0 Å². The van der Waals surface area contributed by atoms with Gasteiger partial charge in [0.15, 0.2) is 5.82 Å². The van der Waals surface area contributed by atoms with Gasteiger partial charge in [-0.2, -0.15) is 8.75 Å². The maximum atomic E-state index is 6.27. The first-order chi connectivity index (χ1) is 12.4. The van der Waals surface area contributed by atoms with Crippen molar-refractivity contribution >= 4 is 57.8 Å². The normalized spacial score (nSPS) is 17.0. The van der Waals surface area contributed by atoms with E-state index < -0.39 is 0 Å². The van der Waals surface area contributed by atoms with Gasteiger partial charge in [-0.1, -0.05) is 23.4 Å². The standard InChI is InChI=1S/C16H18ClN7S2/c1-16(19)3-6-24(7-4-16)15-13-12(22-26-23-13)10(8-21-15)25-9-2-5-20-14(18)11(9)17/h2,5,8H,3-4,6-7,19H2,1H3,(H2,18,20). The molecule has 3 aromatic heterocycles. The molecule has 0 radical (unpaired) electrons. The molecule has 10 heteroatoms. The van der Waals surface area contributed by atoms with E-state index in [4.69, 9.17) is 23.1 Å². The number of fused-ring (bicyclic) bond motifs is 1. The summed E-state index contributed by atoms with van der Waals surface area (Å²) in [6, 6.07) is 1.83. The van der Waals surface area contributed by atoms with Crippen LogP contribution in [0.5, 0.6) is 0 Å². The number of piperidine rings is 1. The number of halogens is 1. The Bertz CT molecular complexity index is 949. The second-order valence-electron chi connectivity index (χ2n) is 6.66. The maximum Gasteiger partial charge on any atom is 0.158 e. The molecular formula is C16H18ClN7S2. The average Bonchev–Trinajstić information content (AvgIpc) is 3.10. The van der Waals surface area contributed by atoms with Crippen molar-refractivity contribution in [1.82, 2.24) is 18.7 Å². The average molecular weight is 408 g/mol. The number of nitrogens with two attached hydrogens (primary N) is 2. The van der Waals surface area contributed by atoms with Gasteiger partial charge >= 0.3 is 0 Å². The molecule has 0 bridgehead atoms. The molecule has 0 aromatic carbocycles. The molecule has 0 spiro atoms. The Morgan fingerprint density at radius 1 is 1.19 bits per heavy atom. The fraction of sp³-hybridized carbons (Fsp3) is 0.375. The number of hydrogen-bond donors (Lipinski definition) is 2. The molecule has 4 heterocycles. The van der Waals surface area contributed by atoms with Gasteiger partial charge in [0.1, 0.15) is 16.9 Å². The predicted molar refractivity (Wildman–Crippen MR) is 107 cm³/mol. The Balaban J connectivity index is 1.67. The third kappa shape index (κ3) is 3.32. The molecule has 1 saturated heterocycles. The van der Waals surface area contributed by atoms with Gasteiger partial charge in [-0.25, -0.2) is 9.97 Å². The van der Waals surface area contributed by atoms with Crippen LogP contribution in [0.3, 0.4) is 0 Å². The monoisotopic (exact) mass is 407 g/mol. The van der Waals surface area contributed by atoms with E-state index in [2.05, 4.69) is 30.5 Å². The van der Waals surface area contributed by atoms with Gasteiger partial charge in [-0.3, -0.25) is 0 Å². The number of aromatic nitrogens is 4. The third-order valence-electron chi connectivity index (χ3n) is 4.54. The first-order valence-corrected chi connectivity index (χ1v) is 10.1. The lowest BCUT2D eigenvalue weighted by atomic mass is 9.91. The number of nitrogen functional groups attached to an aromatic ring is 1. The summed E-state index contributed by atoms with van der Waals surface area (Å²) in [5.74, 6) is 1.18. The molecule has 1 aliphatic rings. The van der Waals surface area contributed by atoms with Crippen molar-refractivity contribution in [3.63, 3.8) is 0 Å². The van der Waals surface area contributed by atoms with Crippen LogP contribution >= 0.6 is 35.1 Å². The lowest BCUT2D eigenvalue weighted by Crippen LogP contribution is -2.48. The smallest absolute Gasteiger partial charge is 0.158 e. The molecule has 7 nitrogen and oxygen atoms in total. The van der Waals surface area contributed by atoms with Crippen LogP contribution in [0, 0.1) is 0 Å². The summed E-state index contributed by atoms with van der Waals surface area (Å²) in [6.45, 7) is 3.83. The zero-order valence-corrected chi connectivity index (χ0v) is 16.5. The van der Waals surface area contributed by atoms with Crippen LogP contribution in [0.1, 0.15) is 19.8 Å². The first kappa shape index (κ1) is 17.7. The number of hydrogen-bond acceptors (Lipinski definition) is 9. The topological polar surface area (TPSA) is 107 Å². The molecular weight excluding hydrogens is 390 g/mol. The summed E-state index contributed by atoms with van der Waals surface area (Å²) in [7, 11) is 0. The van der Waals surface area contributed by atoms with Crippen molar-refractivity contribution in [1.29, 1.82) is 0 Å². The van der Waals surface area contributed by atoms with Crippen molar-refractivity contribution in [2.75, 3.05) is 23.7 Å². The molecule has 26 heavy (non-hydrogen) atoms. The van der Waals surface area contributed by atoms with Crippen molar-refractivity contribution in [2.24, 2.45) is 5.73 Å². The number of pyridine rings is 2. The minimum Gasteiger partial charge on any atom is -0.382 e. The highest BCUT2D eigenvalue weighted by Crippen LogP contribution is 2.39. The van der Waals surface area contributed by atoms with E-state index in [1.807, 2.05) is 12.3 Å². The van der Waals surface area contributed by atoms with E-state index in [0.29, 0.717) is 10.8 Å². The zero-order valence-electron chi connectivity index (χ0n) is 14.1. The van der Waals surface area contributed by atoms with Crippen LogP contribution in [-0.4, -0.2) is 37.3 Å². The highest BCUT2D eigenvalue weighted by Gasteiger charge is 2.28. The minimum absolute atomic E-state index is 0.107. The second kappa shape index (κ2) is 6.80. The molecule has 0 atom stereocenters. The van der Waals surface area contributed by atoms with Gasteiger partial charge < -0.3 is 16.4 Å². The molecule has 136 valence electrons. The fourth-order valence-electron chi connectivity index (χ4n) is 2.91. The highest BCUT2D eigenvalue weighted by molar-refractivity contribution is 7.99. The second-order valence-corrected chi connectivity index (χ2v) is 8.65. The molecule has 4 rings (SSSR count). The van der Waals surface area contributed by atoms with Crippen LogP contribution in [0.15, 0.2) is 28.3 Å². The van der Waals surface area contributed by atoms with Gasteiger partial charge in [0.05, 0.1) is 21.6 Å². The van der Waals surface area contributed by atoms with E-state index in [9.17, 15) is 0 Å². The Hall–Kier alpha value is -1.68. The molecule has 1 aliphatic heterocycles. The first-order valence-electron chi connectivity index (χ1n) is 8.17. The molecule has 0 unspecified atom stereocenters. The van der Waals surface area contributed by atoms with E-state index in [1.54, 1.807) is 6.20 Å². The van der Waals surface area contributed by atoms with Crippen LogP contribution < -0.4 is 16.4 Å². The van der Waals surface area contributed by atoms with Crippen molar-refractivity contribution < 1.29 is 0 Å². The minimum atomic E-state index is -0.107. The van der Waals surface area contributed by atoms with Crippen LogP contribution in [-0.2, 0) is 0 Å². The van der Waals surface area contributed by atoms with E-state index >= 15 is 0 Å². The largest absolute Gasteiger partial charge is 0.382 e. The Morgan fingerprint density at radius 3 is 2.69 bits per heavy atom. The Morgan fingerprint density at radius 2 is 1.92 bits per heavy atom. The summed E-state index contributed by atoms with van der Waals surface area (Å²) in [5.41, 5.74) is 13.6. The number of anilines is 2. The van der Waals surface area contributed by atoms with E-state index in [0.717, 1.165) is 52.6 Å². The van der Waals surface area contributed by atoms with Gasteiger partial charge in [-0.05, 0) is 25.8 Å². The lowest BCUT2D eigenvalue weighted by molar-refractivity contribution is 0.363. The SMILES string of the molecule is CC1(N)CCN(c2ncc(Sc3ccnc(N)c3Cl)c3nsnc23)CC1. The Labute approximate surface area is 164 Å². The van der Waals surface area contributed by atoms with Crippen LogP contribution in [0.2, 0.25) is 5.02 Å². The molecule has 3 aromatic rings. The van der Waals surface area contributed by atoms with E-state index in [-0.39, 0.29) is 5.54 Å². The molecule has 0 amide bonds. The molecule has 1 fully saturated rings. The van der Waals surface area contributed by atoms with Crippen molar-refractivity contribution in [2.45, 2.75) is 35.1 Å². The van der Waals surface area contributed by atoms with Crippen LogP contribution in [0.4, 0.5) is 11.6 Å². The lowest BCUT2D eigenvalue weighted by Gasteiger charge is -2.37. The number of nitrogens with zero attached hydrogens (tertiary/aromatic N) is 5. The summed E-state index contributed by atoms with van der Waals surface area (Å²) in [5, 5.41) is 0.441. The fourth-order valence-corrected chi connectivity index (χ4v) is 4.66. The van der Waals surface area contributed by atoms with Crippen molar-refractivity contribution in [3.8, 4) is 0 Å². The third-order valence-corrected chi connectivity index (χ3v) is 6.66. The van der Waals surface area contributed by atoms with Gasteiger partial charge in [0.25, 0.3) is 0 Å². The summed E-state index contributed by atoms with van der Waals surface area (Å²) in [6.07, 6.45) is 5.32. The molecule has 4 N–H and O–H groups in total. The summed E-state index contributed by atoms with van der Waals surface area (Å²) >= 11 is 8.92. The van der Waals surface area contributed by atoms with Crippen molar-refractivity contribution in [3.05, 3.63) is 23.5 Å². The molecule has 0 aliphatic carbocycles. The van der Waals surface area contributed by atoms with E-state index in [1.165, 1.54) is 23.5 Å².